The Labute approximate surface area is 162 Å². The van der Waals surface area contributed by atoms with E-state index in [0.29, 0.717) is 17.8 Å². The van der Waals surface area contributed by atoms with Crippen molar-refractivity contribution in [1.82, 2.24) is 19.9 Å². The molecule has 2 aliphatic heterocycles. The summed E-state index contributed by atoms with van der Waals surface area (Å²) < 4.78 is 5.79. The third-order valence-electron chi connectivity index (χ3n) is 5.22. The van der Waals surface area contributed by atoms with Gasteiger partial charge < -0.3 is 15.0 Å². The van der Waals surface area contributed by atoms with E-state index in [1.165, 1.54) is 0 Å². The van der Waals surface area contributed by atoms with Crippen LogP contribution >= 0.6 is 0 Å². The molecule has 0 saturated carbocycles. The highest BCUT2D eigenvalue weighted by atomic mass is 16.5. The lowest BCUT2D eigenvalue weighted by atomic mass is 10.1. The molecule has 2 aromatic carbocycles. The average Bonchev–Trinajstić information content (AvgIpc) is 3.43. The maximum Gasteiger partial charge on any atom is 0.257 e. The molecule has 3 heterocycles. The summed E-state index contributed by atoms with van der Waals surface area (Å²) in [6.45, 7) is 1.29. The van der Waals surface area contributed by atoms with Crippen LogP contribution in [0.15, 0.2) is 60.8 Å². The first-order valence-electron chi connectivity index (χ1n) is 9.55. The molecular weight excluding hydrogens is 354 g/mol. The summed E-state index contributed by atoms with van der Waals surface area (Å²) in [6, 6.07) is 17.3. The molecule has 1 saturated heterocycles. The van der Waals surface area contributed by atoms with Gasteiger partial charge in [-0.25, -0.2) is 0 Å². The molecule has 7 heteroatoms. The van der Waals surface area contributed by atoms with Gasteiger partial charge in [-0.1, -0.05) is 30.3 Å². The number of rotatable bonds is 4. The van der Waals surface area contributed by atoms with Crippen molar-refractivity contribution in [3.8, 4) is 5.69 Å². The molecule has 7 nitrogen and oxygen atoms in total. The molecule has 3 aromatic rings. The van der Waals surface area contributed by atoms with Crippen LogP contribution in [0.5, 0.6) is 0 Å². The summed E-state index contributed by atoms with van der Waals surface area (Å²) in [5.41, 5.74) is 3.06. The molecule has 1 aromatic heterocycles. The van der Waals surface area contributed by atoms with E-state index in [-0.39, 0.29) is 18.2 Å². The topological polar surface area (TPSA) is 72.3 Å². The van der Waals surface area contributed by atoms with Gasteiger partial charge in [-0.15, -0.1) is 5.10 Å². The Hall–Kier alpha value is -3.19. The first-order chi connectivity index (χ1) is 13.8. The van der Waals surface area contributed by atoms with E-state index in [2.05, 4.69) is 15.5 Å². The fourth-order valence-corrected chi connectivity index (χ4v) is 3.81. The summed E-state index contributed by atoms with van der Waals surface area (Å²) in [6.07, 6.45) is 3.39. The Morgan fingerprint density at radius 3 is 2.75 bits per heavy atom. The lowest BCUT2D eigenvalue weighted by Gasteiger charge is -2.37. The molecule has 0 spiro atoms. The van der Waals surface area contributed by atoms with Crippen LogP contribution in [0, 0.1) is 0 Å². The van der Waals surface area contributed by atoms with Crippen LogP contribution < -0.4 is 5.32 Å². The highest BCUT2D eigenvalue weighted by molar-refractivity contribution is 6.01. The number of aromatic nitrogens is 3. The van der Waals surface area contributed by atoms with Crippen LogP contribution in [-0.4, -0.2) is 45.1 Å². The Morgan fingerprint density at radius 2 is 1.93 bits per heavy atom. The molecule has 1 amide bonds. The van der Waals surface area contributed by atoms with Crippen LogP contribution in [0.1, 0.15) is 35.1 Å². The minimum Gasteiger partial charge on any atom is -0.376 e. The average molecular weight is 375 g/mol. The quantitative estimate of drug-likeness (QED) is 0.759. The van der Waals surface area contributed by atoms with E-state index in [9.17, 15) is 4.79 Å². The Morgan fingerprint density at radius 1 is 1.11 bits per heavy atom. The van der Waals surface area contributed by atoms with Gasteiger partial charge in [0, 0.05) is 18.8 Å². The number of para-hydroxylation sites is 2. The Kier molecular flexibility index (Phi) is 4.29. The van der Waals surface area contributed by atoms with Crippen LogP contribution in [-0.2, 0) is 4.74 Å². The van der Waals surface area contributed by atoms with Gasteiger partial charge in [-0.05, 0) is 37.1 Å². The lowest BCUT2D eigenvalue weighted by molar-refractivity contribution is 0.0422. The highest BCUT2D eigenvalue weighted by Crippen LogP contribution is 2.33. The number of fused-ring (bicyclic) bond motifs is 1. The third kappa shape index (κ3) is 3.03. The fraction of sp³-hybridized carbons (Fsp3) is 0.286. The number of amides is 1. The molecule has 28 heavy (non-hydrogen) atoms. The smallest absolute Gasteiger partial charge is 0.257 e. The van der Waals surface area contributed by atoms with Crippen molar-refractivity contribution in [2.75, 3.05) is 18.5 Å². The van der Waals surface area contributed by atoms with Crippen LogP contribution in [0.4, 0.5) is 5.69 Å². The zero-order valence-electron chi connectivity index (χ0n) is 15.4. The van der Waals surface area contributed by atoms with Gasteiger partial charge in [-0.2, -0.15) is 9.90 Å². The van der Waals surface area contributed by atoms with Crippen molar-refractivity contribution < 1.29 is 9.53 Å². The van der Waals surface area contributed by atoms with Crippen LogP contribution in [0.25, 0.3) is 5.69 Å². The number of carbonyl (C=O) groups excluding carboxylic acids is 1. The Bertz CT molecular complexity index is 981. The number of hydrogen-bond acceptors (Lipinski definition) is 5. The molecule has 5 rings (SSSR count). The highest BCUT2D eigenvalue weighted by Gasteiger charge is 2.36. The van der Waals surface area contributed by atoms with E-state index >= 15 is 0 Å². The van der Waals surface area contributed by atoms with Gasteiger partial charge in [0.2, 0.25) is 0 Å². The SMILES string of the molecule is O=C1c2ccccc2N[C@H](c2cnn(-c3ccccc3)n2)N1C[C@@H]1CCCO1. The molecular formula is C21H21N5O2. The number of hydrogen-bond donors (Lipinski definition) is 1. The van der Waals surface area contributed by atoms with E-state index in [1.54, 1.807) is 11.0 Å². The summed E-state index contributed by atoms with van der Waals surface area (Å²) in [5.74, 6) is -0.0101. The number of ether oxygens (including phenoxy) is 1. The summed E-state index contributed by atoms with van der Waals surface area (Å²) >= 11 is 0. The molecule has 1 N–H and O–H groups in total. The lowest BCUT2D eigenvalue weighted by Crippen LogP contribution is -2.46. The van der Waals surface area contributed by atoms with Crippen molar-refractivity contribution in [3.05, 3.63) is 72.1 Å². The normalized spacial score (nSPS) is 21.4. The van der Waals surface area contributed by atoms with E-state index < -0.39 is 0 Å². The number of nitrogens with one attached hydrogen (secondary N) is 1. The van der Waals surface area contributed by atoms with Crippen molar-refractivity contribution >= 4 is 11.6 Å². The first-order valence-corrected chi connectivity index (χ1v) is 9.55. The van der Waals surface area contributed by atoms with Gasteiger partial charge in [0.25, 0.3) is 5.91 Å². The molecule has 0 unspecified atom stereocenters. The molecule has 1 fully saturated rings. The fourth-order valence-electron chi connectivity index (χ4n) is 3.81. The van der Waals surface area contributed by atoms with E-state index in [4.69, 9.17) is 4.74 Å². The first kappa shape index (κ1) is 16.9. The van der Waals surface area contributed by atoms with Crippen molar-refractivity contribution in [1.29, 1.82) is 0 Å². The van der Waals surface area contributed by atoms with Crippen molar-refractivity contribution in [3.63, 3.8) is 0 Å². The summed E-state index contributed by atoms with van der Waals surface area (Å²) in [5, 5.41) is 12.5. The largest absolute Gasteiger partial charge is 0.376 e. The van der Waals surface area contributed by atoms with E-state index in [0.717, 1.165) is 30.8 Å². The maximum absolute atomic E-state index is 13.2. The van der Waals surface area contributed by atoms with Gasteiger partial charge in [-0.3, -0.25) is 4.79 Å². The second kappa shape index (κ2) is 7.09. The van der Waals surface area contributed by atoms with Gasteiger partial charge in [0.15, 0.2) is 0 Å². The van der Waals surface area contributed by atoms with Crippen LogP contribution in [0.3, 0.4) is 0 Å². The molecule has 0 bridgehead atoms. The second-order valence-electron chi connectivity index (χ2n) is 7.08. The number of carbonyl (C=O) groups is 1. The number of nitrogens with zero attached hydrogens (tertiary/aromatic N) is 4. The van der Waals surface area contributed by atoms with Crippen molar-refractivity contribution in [2.45, 2.75) is 25.1 Å². The predicted octanol–water partition coefficient (Wildman–Crippen LogP) is 3.01. The van der Waals surface area contributed by atoms with Gasteiger partial charge in [0.05, 0.1) is 23.6 Å². The molecule has 0 radical (unpaired) electrons. The van der Waals surface area contributed by atoms with Crippen molar-refractivity contribution in [2.24, 2.45) is 0 Å². The summed E-state index contributed by atoms with van der Waals surface area (Å²) in [7, 11) is 0. The van der Waals surface area contributed by atoms with E-state index in [1.807, 2.05) is 59.5 Å². The second-order valence-corrected chi connectivity index (χ2v) is 7.08. The third-order valence-corrected chi connectivity index (χ3v) is 5.22. The molecule has 142 valence electrons. The van der Waals surface area contributed by atoms with Crippen LogP contribution in [0.2, 0.25) is 0 Å². The number of benzene rings is 2. The maximum atomic E-state index is 13.2. The zero-order chi connectivity index (χ0) is 18.9. The molecule has 2 aliphatic rings. The molecule has 2 atom stereocenters. The Balaban J connectivity index is 1.50. The standard InChI is InChI=1S/C21H21N5O2/c27-21-17-10-4-5-11-18(17)23-20(25(21)14-16-9-6-12-28-16)19-13-22-26(24-19)15-7-2-1-3-8-15/h1-5,7-8,10-11,13,16,20,23H,6,9,12,14H2/t16-,20-/m0/s1. The van der Waals surface area contributed by atoms with Gasteiger partial charge >= 0.3 is 0 Å². The summed E-state index contributed by atoms with van der Waals surface area (Å²) in [4.78, 5) is 16.6. The monoisotopic (exact) mass is 375 g/mol. The number of anilines is 1. The van der Waals surface area contributed by atoms with Gasteiger partial charge in [0.1, 0.15) is 11.9 Å². The minimum absolute atomic E-state index is 0.0101. The molecule has 0 aliphatic carbocycles. The zero-order valence-corrected chi connectivity index (χ0v) is 15.4. The predicted molar refractivity (Wildman–Crippen MR) is 104 cm³/mol. The minimum atomic E-state index is -0.385.